The quantitative estimate of drug-likeness (QED) is 0.875. The summed E-state index contributed by atoms with van der Waals surface area (Å²) in [5.74, 6) is -0.659. The van der Waals surface area contributed by atoms with Crippen LogP contribution < -0.4 is 4.90 Å². The maximum Gasteiger partial charge on any atom is 0.347 e. The Hall–Kier alpha value is -1.14. The summed E-state index contributed by atoms with van der Waals surface area (Å²) in [5, 5.41) is 10.3. The van der Waals surface area contributed by atoms with Crippen molar-refractivity contribution in [3.8, 4) is 0 Å². The van der Waals surface area contributed by atoms with Gasteiger partial charge in [-0.2, -0.15) is 0 Å². The topological polar surface area (TPSA) is 56.7 Å². The Bertz CT molecular complexity index is 501. The second-order valence-electron chi connectivity index (χ2n) is 6.08. The molecule has 118 valence electrons. The predicted octanol–water partition coefficient (Wildman–Crippen LogP) is 2.89. The average molecular weight is 311 g/mol. The third-order valence-corrected chi connectivity index (χ3v) is 5.21. The molecule has 2 unspecified atom stereocenters. The molecule has 2 heterocycles. The van der Waals surface area contributed by atoms with Crippen LogP contribution in [0.3, 0.4) is 0 Å². The van der Waals surface area contributed by atoms with E-state index in [2.05, 4.69) is 35.8 Å². The zero-order valence-electron chi connectivity index (χ0n) is 13.3. The Morgan fingerprint density at radius 2 is 2.29 bits per heavy atom. The minimum atomic E-state index is -0.850. The number of carbonyl (C=O) groups is 1. The van der Waals surface area contributed by atoms with Crippen LogP contribution >= 0.6 is 11.3 Å². The lowest BCUT2D eigenvalue weighted by atomic mass is 10.0. The summed E-state index contributed by atoms with van der Waals surface area (Å²) in [6.07, 6.45) is 3.21. The number of aromatic carboxylic acids is 1. The molecule has 2 atom stereocenters. The Morgan fingerprint density at radius 3 is 2.86 bits per heavy atom. The summed E-state index contributed by atoms with van der Waals surface area (Å²) < 4.78 is 0. The Labute approximate surface area is 130 Å². The minimum Gasteiger partial charge on any atom is -0.477 e. The van der Waals surface area contributed by atoms with Crippen molar-refractivity contribution in [3.05, 3.63) is 10.6 Å². The van der Waals surface area contributed by atoms with Gasteiger partial charge in [0, 0.05) is 19.1 Å². The number of carboxylic acids is 1. The summed E-state index contributed by atoms with van der Waals surface area (Å²) in [7, 11) is 4.15. The number of aromatic nitrogens is 1. The molecule has 1 aliphatic heterocycles. The molecule has 5 nitrogen and oxygen atoms in total. The molecule has 1 aliphatic rings. The molecule has 0 amide bonds. The standard InChI is InChI=1S/C15H25N3O2S/c1-5-10(2)12-13(14(19)20)21-15(16-12)18-8-6-7-11(18)9-17(3)4/h10-11H,5-9H2,1-4H3,(H,19,20). The summed E-state index contributed by atoms with van der Waals surface area (Å²) >= 11 is 1.34. The van der Waals surface area contributed by atoms with Gasteiger partial charge in [0.1, 0.15) is 4.88 Å². The van der Waals surface area contributed by atoms with Crippen molar-refractivity contribution in [1.29, 1.82) is 0 Å². The van der Waals surface area contributed by atoms with Crippen LogP contribution in [0.1, 0.15) is 54.4 Å². The Morgan fingerprint density at radius 1 is 1.57 bits per heavy atom. The lowest BCUT2D eigenvalue weighted by Gasteiger charge is -2.26. The zero-order chi connectivity index (χ0) is 15.6. The fourth-order valence-electron chi connectivity index (χ4n) is 2.82. The number of nitrogens with zero attached hydrogens (tertiary/aromatic N) is 3. The Balaban J connectivity index is 2.29. The molecular weight excluding hydrogens is 286 g/mol. The highest BCUT2D eigenvalue weighted by molar-refractivity contribution is 7.17. The monoisotopic (exact) mass is 311 g/mol. The van der Waals surface area contributed by atoms with Gasteiger partial charge >= 0.3 is 5.97 Å². The summed E-state index contributed by atoms with van der Waals surface area (Å²) in [6.45, 7) is 6.08. The highest BCUT2D eigenvalue weighted by Crippen LogP contribution is 2.35. The van der Waals surface area contributed by atoms with Gasteiger partial charge in [0.05, 0.1) is 5.69 Å². The first-order chi connectivity index (χ1) is 9.93. The van der Waals surface area contributed by atoms with Crippen LogP contribution in [0.15, 0.2) is 0 Å². The number of thiazole rings is 1. The molecule has 2 rings (SSSR count). The molecular formula is C15H25N3O2S. The van der Waals surface area contributed by atoms with Gasteiger partial charge in [-0.15, -0.1) is 0 Å². The second kappa shape index (κ2) is 6.75. The second-order valence-corrected chi connectivity index (χ2v) is 7.05. The molecule has 1 fully saturated rings. The first-order valence-electron chi connectivity index (χ1n) is 7.59. The molecule has 21 heavy (non-hydrogen) atoms. The third-order valence-electron chi connectivity index (χ3n) is 4.11. The van der Waals surface area contributed by atoms with Crippen LogP contribution in [-0.2, 0) is 0 Å². The number of hydrogen-bond acceptors (Lipinski definition) is 5. The van der Waals surface area contributed by atoms with Gasteiger partial charge in [-0.25, -0.2) is 9.78 Å². The number of anilines is 1. The van der Waals surface area contributed by atoms with Crippen molar-refractivity contribution >= 4 is 22.4 Å². The van der Waals surface area contributed by atoms with Gasteiger partial charge in [0.2, 0.25) is 0 Å². The van der Waals surface area contributed by atoms with E-state index in [1.54, 1.807) is 0 Å². The van der Waals surface area contributed by atoms with E-state index in [1.807, 2.05) is 6.92 Å². The number of rotatable bonds is 6. The Kier molecular flexibility index (Phi) is 5.22. The molecule has 1 saturated heterocycles. The normalized spacial score (nSPS) is 20.2. The predicted molar refractivity (Wildman–Crippen MR) is 86.7 cm³/mol. The van der Waals surface area contributed by atoms with E-state index < -0.39 is 5.97 Å². The van der Waals surface area contributed by atoms with Gasteiger partial charge in [-0.05, 0) is 39.3 Å². The van der Waals surface area contributed by atoms with Crippen molar-refractivity contribution in [2.24, 2.45) is 0 Å². The fraction of sp³-hybridized carbons (Fsp3) is 0.733. The summed E-state index contributed by atoms with van der Waals surface area (Å²) in [4.78, 5) is 21.1. The van der Waals surface area contributed by atoms with E-state index in [0.717, 1.165) is 43.2 Å². The van der Waals surface area contributed by atoms with Gasteiger partial charge in [0.15, 0.2) is 5.13 Å². The van der Waals surface area contributed by atoms with E-state index in [-0.39, 0.29) is 5.92 Å². The lowest BCUT2D eigenvalue weighted by Crippen LogP contribution is -2.37. The van der Waals surface area contributed by atoms with Crippen LogP contribution in [0.5, 0.6) is 0 Å². The molecule has 0 bridgehead atoms. The van der Waals surface area contributed by atoms with E-state index in [9.17, 15) is 9.90 Å². The molecule has 6 heteroatoms. The van der Waals surface area contributed by atoms with Crippen LogP contribution in [0.25, 0.3) is 0 Å². The summed E-state index contributed by atoms with van der Waals surface area (Å²) in [6, 6.07) is 0.442. The fourth-order valence-corrected chi connectivity index (χ4v) is 3.95. The van der Waals surface area contributed by atoms with Crippen molar-refractivity contribution in [2.45, 2.75) is 45.1 Å². The maximum atomic E-state index is 11.5. The largest absolute Gasteiger partial charge is 0.477 e. The number of hydrogen-bond donors (Lipinski definition) is 1. The van der Waals surface area contributed by atoms with Crippen LogP contribution in [0.2, 0.25) is 0 Å². The molecule has 1 aromatic rings. The van der Waals surface area contributed by atoms with Gasteiger partial charge in [0.25, 0.3) is 0 Å². The molecule has 0 aliphatic carbocycles. The van der Waals surface area contributed by atoms with Crippen molar-refractivity contribution < 1.29 is 9.90 Å². The van der Waals surface area contributed by atoms with Gasteiger partial charge in [-0.1, -0.05) is 25.2 Å². The zero-order valence-corrected chi connectivity index (χ0v) is 14.1. The highest BCUT2D eigenvalue weighted by Gasteiger charge is 2.30. The van der Waals surface area contributed by atoms with E-state index in [4.69, 9.17) is 0 Å². The average Bonchev–Trinajstić information content (AvgIpc) is 3.03. The molecule has 1 aromatic heterocycles. The number of likely N-dealkylation sites (N-methyl/N-ethyl adjacent to an activating group) is 1. The lowest BCUT2D eigenvalue weighted by molar-refractivity contribution is 0.0700. The van der Waals surface area contributed by atoms with Crippen LogP contribution in [-0.4, -0.2) is 54.2 Å². The van der Waals surface area contributed by atoms with Crippen LogP contribution in [0, 0.1) is 0 Å². The van der Waals surface area contributed by atoms with E-state index in [0.29, 0.717) is 10.9 Å². The molecule has 0 radical (unpaired) electrons. The minimum absolute atomic E-state index is 0.191. The van der Waals surface area contributed by atoms with Crippen LogP contribution in [0.4, 0.5) is 5.13 Å². The van der Waals surface area contributed by atoms with E-state index in [1.165, 1.54) is 11.3 Å². The molecule has 0 saturated carbocycles. The molecule has 0 spiro atoms. The first-order valence-corrected chi connectivity index (χ1v) is 8.41. The first kappa shape index (κ1) is 16.2. The maximum absolute atomic E-state index is 11.5. The van der Waals surface area contributed by atoms with Gasteiger partial charge in [-0.3, -0.25) is 0 Å². The van der Waals surface area contributed by atoms with Crippen molar-refractivity contribution in [2.75, 3.05) is 32.1 Å². The van der Waals surface area contributed by atoms with Gasteiger partial charge < -0.3 is 14.9 Å². The van der Waals surface area contributed by atoms with E-state index >= 15 is 0 Å². The van der Waals surface area contributed by atoms with Crippen molar-refractivity contribution in [1.82, 2.24) is 9.88 Å². The smallest absolute Gasteiger partial charge is 0.347 e. The molecule has 1 N–H and O–H groups in total. The summed E-state index contributed by atoms with van der Waals surface area (Å²) in [5.41, 5.74) is 0.750. The number of carboxylic acid groups (broad SMARTS) is 1. The third kappa shape index (κ3) is 3.55. The highest BCUT2D eigenvalue weighted by atomic mass is 32.1. The SMILES string of the molecule is CCC(C)c1nc(N2CCCC2CN(C)C)sc1C(=O)O. The molecule has 0 aromatic carbocycles. The van der Waals surface area contributed by atoms with Crippen molar-refractivity contribution in [3.63, 3.8) is 0 Å².